The molecule has 2 N–H and O–H groups in total. The van der Waals surface area contributed by atoms with Crippen LogP contribution in [0.4, 0.5) is 16.4 Å². The van der Waals surface area contributed by atoms with Gasteiger partial charge in [-0.3, -0.25) is 0 Å². The fraction of sp³-hybridized carbons (Fsp3) is 0.643. The monoisotopic (exact) mass is 293 g/mol. The number of nitrogen functional groups attached to an aromatic ring is 1. The molecule has 116 valence electrons. The van der Waals surface area contributed by atoms with Gasteiger partial charge >= 0.3 is 6.09 Å². The highest BCUT2D eigenvalue weighted by Crippen LogP contribution is 2.18. The zero-order valence-electron chi connectivity index (χ0n) is 13.0. The van der Waals surface area contributed by atoms with Crippen molar-refractivity contribution in [3.63, 3.8) is 0 Å². The fourth-order valence-electron chi connectivity index (χ4n) is 2.23. The molecule has 0 aromatic carbocycles. The highest BCUT2D eigenvalue weighted by Gasteiger charge is 2.31. The van der Waals surface area contributed by atoms with Crippen molar-refractivity contribution < 1.29 is 9.53 Å². The smallest absolute Gasteiger partial charge is 0.410 e. The number of carbonyl (C=O) groups is 1. The second-order valence-electron chi connectivity index (χ2n) is 6.29. The first kappa shape index (κ1) is 15.3. The Balaban J connectivity index is 1.99. The number of hydrogen-bond acceptors (Lipinski definition) is 6. The predicted molar refractivity (Wildman–Crippen MR) is 81.1 cm³/mol. The summed E-state index contributed by atoms with van der Waals surface area (Å²) in [5, 5.41) is 0. The van der Waals surface area contributed by atoms with E-state index in [2.05, 4.69) is 9.97 Å². The molecular formula is C14H23N5O2. The molecule has 7 heteroatoms. The standard InChI is InChI=1S/C14H23N5O2/c1-10-9-18(12-16-7-11(15)8-17-12)5-6-19(10)13(20)21-14(2,3)4/h7-8,10H,5-6,9,15H2,1-4H3. The van der Waals surface area contributed by atoms with E-state index in [0.29, 0.717) is 31.3 Å². The van der Waals surface area contributed by atoms with Gasteiger partial charge in [0.15, 0.2) is 0 Å². The second-order valence-corrected chi connectivity index (χ2v) is 6.29. The van der Waals surface area contributed by atoms with Crippen molar-refractivity contribution in [2.24, 2.45) is 0 Å². The van der Waals surface area contributed by atoms with Crippen molar-refractivity contribution in [2.75, 3.05) is 30.3 Å². The summed E-state index contributed by atoms with van der Waals surface area (Å²) in [6.07, 6.45) is 2.91. The van der Waals surface area contributed by atoms with Crippen LogP contribution in [0.3, 0.4) is 0 Å². The number of rotatable bonds is 1. The molecule has 1 unspecified atom stereocenters. The van der Waals surface area contributed by atoms with E-state index in [1.165, 1.54) is 0 Å². The third-order valence-electron chi connectivity index (χ3n) is 3.20. The van der Waals surface area contributed by atoms with E-state index in [4.69, 9.17) is 10.5 Å². The van der Waals surface area contributed by atoms with Crippen molar-refractivity contribution in [1.82, 2.24) is 14.9 Å². The third kappa shape index (κ3) is 3.96. The lowest BCUT2D eigenvalue weighted by molar-refractivity contribution is 0.0158. The van der Waals surface area contributed by atoms with Crippen molar-refractivity contribution >= 4 is 17.7 Å². The molecule has 1 atom stereocenters. The second kappa shape index (κ2) is 5.75. The lowest BCUT2D eigenvalue weighted by Crippen LogP contribution is -2.55. The van der Waals surface area contributed by atoms with Gasteiger partial charge in [0.25, 0.3) is 0 Å². The molecule has 1 aliphatic heterocycles. The molecule has 0 saturated carbocycles. The number of carbonyl (C=O) groups excluding carboxylic acids is 1. The molecule has 0 radical (unpaired) electrons. The Morgan fingerprint density at radius 1 is 1.33 bits per heavy atom. The summed E-state index contributed by atoms with van der Waals surface area (Å²) in [5.74, 6) is 0.639. The van der Waals surface area contributed by atoms with Gasteiger partial charge in [0, 0.05) is 25.7 Å². The predicted octanol–water partition coefficient (Wildman–Crippen LogP) is 1.50. The Kier molecular flexibility index (Phi) is 4.20. The van der Waals surface area contributed by atoms with Gasteiger partial charge in [-0.25, -0.2) is 14.8 Å². The van der Waals surface area contributed by atoms with E-state index in [1.807, 2.05) is 32.6 Å². The summed E-state index contributed by atoms with van der Waals surface area (Å²) < 4.78 is 5.42. The maximum Gasteiger partial charge on any atom is 0.410 e. The topological polar surface area (TPSA) is 84.6 Å². The van der Waals surface area contributed by atoms with Gasteiger partial charge < -0.3 is 20.3 Å². The van der Waals surface area contributed by atoms with Gasteiger partial charge in [-0.1, -0.05) is 0 Å². The van der Waals surface area contributed by atoms with E-state index >= 15 is 0 Å². The SMILES string of the molecule is CC1CN(c2ncc(N)cn2)CCN1C(=O)OC(C)(C)C. The minimum absolute atomic E-state index is 0.0368. The van der Waals surface area contributed by atoms with Crippen LogP contribution in [0.2, 0.25) is 0 Å². The molecule has 1 amide bonds. The van der Waals surface area contributed by atoms with Crippen molar-refractivity contribution in [1.29, 1.82) is 0 Å². The average molecular weight is 293 g/mol. The number of piperazine rings is 1. The first-order valence-electron chi connectivity index (χ1n) is 7.08. The third-order valence-corrected chi connectivity index (χ3v) is 3.20. The Labute approximate surface area is 125 Å². The van der Waals surface area contributed by atoms with Crippen LogP contribution in [-0.4, -0.2) is 52.2 Å². The molecule has 1 fully saturated rings. The molecule has 1 aromatic heterocycles. The van der Waals surface area contributed by atoms with Gasteiger partial charge in [0.05, 0.1) is 18.1 Å². The summed E-state index contributed by atoms with van der Waals surface area (Å²) in [4.78, 5) is 24.4. The van der Waals surface area contributed by atoms with E-state index in [1.54, 1.807) is 17.3 Å². The molecule has 21 heavy (non-hydrogen) atoms. The highest BCUT2D eigenvalue weighted by molar-refractivity contribution is 5.69. The maximum absolute atomic E-state index is 12.1. The van der Waals surface area contributed by atoms with Crippen LogP contribution < -0.4 is 10.6 Å². The van der Waals surface area contributed by atoms with Crippen LogP contribution in [0.15, 0.2) is 12.4 Å². The van der Waals surface area contributed by atoms with Crippen molar-refractivity contribution in [3.8, 4) is 0 Å². The lowest BCUT2D eigenvalue weighted by Gasteiger charge is -2.40. The normalized spacial score (nSPS) is 19.5. The fourth-order valence-corrected chi connectivity index (χ4v) is 2.23. The van der Waals surface area contributed by atoms with Gasteiger partial charge in [0.1, 0.15) is 5.60 Å². The van der Waals surface area contributed by atoms with Crippen LogP contribution in [0.1, 0.15) is 27.7 Å². The van der Waals surface area contributed by atoms with Crippen LogP contribution >= 0.6 is 0 Å². The molecule has 0 bridgehead atoms. The van der Waals surface area contributed by atoms with Gasteiger partial charge in [-0.2, -0.15) is 0 Å². The first-order valence-corrected chi connectivity index (χ1v) is 7.08. The summed E-state index contributed by atoms with van der Waals surface area (Å²) in [6.45, 7) is 9.53. The van der Waals surface area contributed by atoms with Crippen molar-refractivity contribution in [2.45, 2.75) is 39.3 Å². The van der Waals surface area contributed by atoms with E-state index in [-0.39, 0.29) is 12.1 Å². The maximum atomic E-state index is 12.1. The minimum atomic E-state index is -0.478. The number of anilines is 2. The van der Waals surface area contributed by atoms with Gasteiger partial charge in [0.2, 0.25) is 5.95 Å². The Hall–Kier alpha value is -2.05. The molecular weight excluding hydrogens is 270 g/mol. The van der Waals surface area contributed by atoms with Crippen LogP contribution in [0, 0.1) is 0 Å². The molecule has 1 aliphatic rings. The summed E-state index contributed by atoms with van der Waals surface area (Å²) in [6, 6.07) is 0.0368. The highest BCUT2D eigenvalue weighted by atomic mass is 16.6. The van der Waals surface area contributed by atoms with Gasteiger partial charge in [-0.15, -0.1) is 0 Å². The number of ether oxygens (including phenoxy) is 1. The quantitative estimate of drug-likeness (QED) is 0.844. The molecule has 2 heterocycles. The number of nitrogens with zero attached hydrogens (tertiary/aromatic N) is 4. The zero-order chi connectivity index (χ0) is 15.6. The summed E-state index contributed by atoms with van der Waals surface area (Å²) >= 11 is 0. The molecule has 1 aromatic rings. The zero-order valence-corrected chi connectivity index (χ0v) is 13.0. The Morgan fingerprint density at radius 3 is 2.48 bits per heavy atom. The van der Waals surface area contributed by atoms with Gasteiger partial charge in [-0.05, 0) is 27.7 Å². The van der Waals surface area contributed by atoms with Crippen LogP contribution in [0.25, 0.3) is 0 Å². The number of nitrogens with two attached hydrogens (primary N) is 1. The van der Waals surface area contributed by atoms with E-state index in [0.717, 1.165) is 0 Å². The molecule has 0 spiro atoms. The Morgan fingerprint density at radius 2 is 1.95 bits per heavy atom. The largest absolute Gasteiger partial charge is 0.444 e. The molecule has 1 saturated heterocycles. The molecule has 7 nitrogen and oxygen atoms in total. The minimum Gasteiger partial charge on any atom is -0.444 e. The summed E-state index contributed by atoms with van der Waals surface area (Å²) in [5.41, 5.74) is 5.65. The van der Waals surface area contributed by atoms with E-state index < -0.39 is 5.60 Å². The lowest BCUT2D eigenvalue weighted by atomic mass is 10.2. The molecule has 2 rings (SSSR count). The number of amides is 1. The van der Waals surface area contributed by atoms with Crippen LogP contribution in [0.5, 0.6) is 0 Å². The van der Waals surface area contributed by atoms with E-state index in [9.17, 15) is 4.79 Å². The number of aromatic nitrogens is 2. The van der Waals surface area contributed by atoms with Crippen molar-refractivity contribution in [3.05, 3.63) is 12.4 Å². The molecule has 0 aliphatic carbocycles. The van der Waals surface area contributed by atoms with Crippen LogP contribution in [-0.2, 0) is 4.74 Å². The first-order chi connectivity index (χ1) is 9.76. The number of hydrogen-bond donors (Lipinski definition) is 1. The Bertz CT molecular complexity index is 497. The average Bonchev–Trinajstić information content (AvgIpc) is 2.37. The summed E-state index contributed by atoms with van der Waals surface area (Å²) in [7, 11) is 0.